The summed E-state index contributed by atoms with van der Waals surface area (Å²) < 4.78 is 0. The van der Waals surface area contributed by atoms with Gasteiger partial charge in [0.05, 0.1) is 0 Å². The lowest BCUT2D eigenvalue weighted by Crippen LogP contribution is -2.07. The van der Waals surface area contributed by atoms with Gasteiger partial charge in [-0.3, -0.25) is 0 Å². The van der Waals surface area contributed by atoms with Gasteiger partial charge < -0.3 is 5.73 Å². The average Bonchev–Trinajstić information content (AvgIpc) is 2.50. The zero-order valence-electron chi connectivity index (χ0n) is 17.4. The van der Waals surface area contributed by atoms with Crippen molar-refractivity contribution in [3.8, 4) is 0 Å². The van der Waals surface area contributed by atoms with Crippen LogP contribution in [0.25, 0.3) is 0 Å². The highest BCUT2D eigenvalue weighted by Crippen LogP contribution is 2.26. The van der Waals surface area contributed by atoms with Crippen molar-refractivity contribution in [2.75, 3.05) is 6.54 Å². The number of nitrogens with two attached hydrogens (primary N) is 1. The third-order valence-electron chi connectivity index (χ3n) is 5.44. The molecule has 0 saturated heterocycles. The van der Waals surface area contributed by atoms with Crippen LogP contribution in [0.5, 0.6) is 0 Å². The van der Waals surface area contributed by atoms with Gasteiger partial charge in [0.15, 0.2) is 0 Å². The molecule has 0 fully saturated rings. The summed E-state index contributed by atoms with van der Waals surface area (Å²) in [5.74, 6) is 3.10. The van der Waals surface area contributed by atoms with Crippen molar-refractivity contribution in [2.45, 2.75) is 92.4 Å². The molecule has 0 amide bonds. The van der Waals surface area contributed by atoms with E-state index in [0.29, 0.717) is 0 Å². The van der Waals surface area contributed by atoms with Crippen LogP contribution < -0.4 is 5.73 Å². The summed E-state index contributed by atoms with van der Waals surface area (Å²) in [6, 6.07) is 0. The first-order valence-electron chi connectivity index (χ1n) is 10.3. The van der Waals surface area contributed by atoms with Gasteiger partial charge in [-0.2, -0.15) is 0 Å². The molecule has 0 aromatic carbocycles. The van der Waals surface area contributed by atoms with Crippen LogP contribution in [-0.4, -0.2) is 6.54 Å². The molecule has 0 bridgehead atoms. The minimum atomic E-state index is 0.730. The van der Waals surface area contributed by atoms with Crippen LogP contribution in [0.3, 0.4) is 0 Å². The molecule has 0 spiro atoms. The van der Waals surface area contributed by atoms with E-state index in [1.54, 1.807) is 0 Å². The summed E-state index contributed by atoms with van der Waals surface area (Å²) in [4.78, 5) is 0. The monoisotopic (exact) mass is 335 g/mol. The lowest BCUT2D eigenvalue weighted by Gasteiger charge is -2.19. The van der Waals surface area contributed by atoms with Crippen LogP contribution >= 0.6 is 0 Å². The van der Waals surface area contributed by atoms with E-state index in [9.17, 15) is 0 Å². The van der Waals surface area contributed by atoms with Gasteiger partial charge >= 0.3 is 0 Å². The molecule has 0 rings (SSSR count). The van der Waals surface area contributed by atoms with Gasteiger partial charge in [0.2, 0.25) is 0 Å². The van der Waals surface area contributed by atoms with Crippen LogP contribution in [0.2, 0.25) is 0 Å². The van der Waals surface area contributed by atoms with Crippen LogP contribution in [-0.2, 0) is 0 Å². The van der Waals surface area contributed by atoms with Gasteiger partial charge in [0.25, 0.3) is 0 Å². The molecule has 4 atom stereocenters. The molecule has 1 heteroatoms. The Balaban J connectivity index is 3.94. The maximum Gasteiger partial charge on any atom is -0.00747 e. The van der Waals surface area contributed by atoms with E-state index in [4.69, 9.17) is 5.73 Å². The fourth-order valence-corrected chi connectivity index (χ4v) is 3.46. The molecule has 2 N–H and O–H groups in total. The molecule has 0 saturated carbocycles. The van der Waals surface area contributed by atoms with Crippen molar-refractivity contribution in [2.24, 2.45) is 29.4 Å². The maximum atomic E-state index is 5.63. The van der Waals surface area contributed by atoms with E-state index >= 15 is 0 Å². The zero-order chi connectivity index (χ0) is 18.5. The van der Waals surface area contributed by atoms with E-state index in [2.05, 4.69) is 47.8 Å². The molecule has 0 aliphatic heterocycles. The topological polar surface area (TPSA) is 26.0 Å². The summed E-state index contributed by atoms with van der Waals surface area (Å²) in [6.07, 6.45) is 11.0. The van der Waals surface area contributed by atoms with Crippen LogP contribution in [0, 0.1) is 23.7 Å². The molecule has 0 heterocycles. The van der Waals surface area contributed by atoms with Crippen molar-refractivity contribution in [1.29, 1.82) is 0 Å². The second kappa shape index (κ2) is 13.7. The lowest BCUT2D eigenvalue weighted by atomic mass is 9.87. The Morgan fingerprint density at radius 3 is 1.54 bits per heavy atom. The number of hydrogen-bond acceptors (Lipinski definition) is 1. The molecule has 4 unspecified atom stereocenters. The molecule has 0 aromatic heterocycles. The van der Waals surface area contributed by atoms with Crippen LogP contribution in [0.1, 0.15) is 92.4 Å². The standard InChI is InChI=1S/C23H45N/c1-8-18(2)9-11-20(4)15-22(6)17-23(7)16-21(5)12-10-19(3)13-14-24/h18-21H,6-17,24H2,1-5H3. The van der Waals surface area contributed by atoms with E-state index in [1.165, 1.54) is 43.3 Å². The number of allylic oxidation sites excluding steroid dienone is 2. The second-order valence-corrected chi connectivity index (χ2v) is 8.65. The Bertz CT molecular complexity index is 344. The predicted octanol–water partition coefficient (Wildman–Crippen LogP) is 7.13. The molecule has 24 heavy (non-hydrogen) atoms. The molecular weight excluding hydrogens is 290 g/mol. The van der Waals surface area contributed by atoms with Crippen LogP contribution in [0.4, 0.5) is 0 Å². The molecule has 0 aromatic rings. The van der Waals surface area contributed by atoms with Gasteiger partial charge in [-0.15, -0.1) is 0 Å². The summed E-state index contributed by atoms with van der Waals surface area (Å²) in [7, 11) is 0. The van der Waals surface area contributed by atoms with Gasteiger partial charge in [-0.25, -0.2) is 0 Å². The number of rotatable bonds is 15. The van der Waals surface area contributed by atoms with E-state index < -0.39 is 0 Å². The van der Waals surface area contributed by atoms with Crippen molar-refractivity contribution in [1.82, 2.24) is 0 Å². The van der Waals surface area contributed by atoms with Gasteiger partial charge in [-0.05, 0) is 55.9 Å². The molecule has 0 aliphatic rings. The first kappa shape index (κ1) is 23.4. The summed E-state index contributed by atoms with van der Waals surface area (Å²) in [5.41, 5.74) is 8.38. The summed E-state index contributed by atoms with van der Waals surface area (Å²) >= 11 is 0. The average molecular weight is 336 g/mol. The molecule has 0 radical (unpaired) electrons. The molecular formula is C23H45N. The van der Waals surface area contributed by atoms with Crippen LogP contribution in [0.15, 0.2) is 24.3 Å². The van der Waals surface area contributed by atoms with Gasteiger partial charge in [0.1, 0.15) is 0 Å². The highest BCUT2D eigenvalue weighted by molar-refractivity contribution is 5.10. The smallest absolute Gasteiger partial charge is 0.00747 e. The largest absolute Gasteiger partial charge is 0.330 e. The minimum Gasteiger partial charge on any atom is -0.330 e. The maximum absolute atomic E-state index is 5.63. The highest BCUT2D eigenvalue weighted by atomic mass is 14.5. The first-order valence-corrected chi connectivity index (χ1v) is 10.3. The fourth-order valence-electron chi connectivity index (χ4n) is 3.46. The zero-order valence-corrected chi connectivity index (χ0v) is 17.4. The first-order chi connectivity index (χ1) is 11.3. The fraction of sp³-hybridized carbons (Fsp3) is 0.826. The quantitative estimate of drug-likeness (QED) is 0.316. The lowest BCUT2D eigenvalue weighted by molar-refractivity contribution is 0.410. The van der Waals surface area contributed by atoms with Gasteiger partial charge in [0, 0.05) is 0 Å². The minimum absolute atomic E-state index is 0.730. The number of hydrogen-bond donors (Lipinski definition) is 1. The normalized spacial score (nSPS) is 16.4. The van der Waals surface area contributed by atoms with E-state index in [-0.39, 0.29) is 0 Å². The van der Waals surface area contributed by atoms with E-state index in [1.807, 2.05) is 0 Å². The molecule has 142 valence electrons. The van der Waals surface area contributed by atoms with E-state index in [0.717, 1.165) is 55.9 Å². The molecule has 1 nitrogen and oxygen atoms in total. The Morgan fingerprint density at radius 1 is 0.708 bits per heavy atom. The Kier molecular flexibility index (Phi) is 13.4. The highest BCUT2D eigenvalue weighted by Gasteiger charge is 2.11. The Morgan fingerprint density at radius 2 is 1.12 bits per heavy atom. The van der Waals surface area contributed by atoms with Gasteiger partial charge in [-0.1, -0.05) is 91.0 Å². The SMILES string of the molecule is C=C(CC(=C)CC(C)CCC(C)CCN)CC(C)CCC(C)CC. The van der Waals surface area contributed by atoms with Crippen molar-refractivity contribution < 1.29 is 0 Å². The third kappa shape index (κ3) is 12.8. The van der Waals surface area contributed by atoms with Crippen molar-refractivity contribution >= 4 is 0 Å². The third-order valence-corrected chi connectivity index (χ3v) is 5.44. The second-order valence-electron chi connectivity index (χ2n) is 8.65. The Labute approximate surface area is 153 Å². The summed E-state index contributed by atoms with van der Waals surface area (Å²) in [5, 5.41) is 0. The predicted molar refractivity (Wildman–Crippen MR) is 111 cm³/mol. The summed E-state index contributed by atoms with van der Waals surface area (Å²) in [6.45, 7) is 21.1. The molecule has 0 aliphatic carbocycles. The van der Waals surface area contributed by atoms with Crippen molar-refractivity contribution in [3.63, 3.8) is 0 Å². The Hall–Kier alpha value is -0.560. The van der Waals surface area contributed by atoms with Crippen molar-refractivity contribution in [3.05, 3.63) is 24.3 Å².